The molecule has 0 fully saturated rings. The smallest absolute Gasteiger partial charge is 0.124 e. The number of phenols is 1. The lowest BCUT2D eigenvalue weighted by Gasteiger charge is -2.04. The molecule has 3 nitrogen and oxygen atoms in total. The number of aromatic hydroxyl groups is 1. The van der Waals surface area contributed by atoms with Gasteiger partial charge in [-0.1, -0.05) is 12.1 Å². The Morgan fingerprint density at radius 3 is 2.64 bits per heavy atom. The highest BCUT2D eigenvalue weighted by atomic mass is 16.3. The maximum atomic E-state index is 9.50. The van der Waals surface area contributed by atoms with E-state index in [1.54, 1.807) is 25.1 Å². The molecule has 0 aliphatic heterocycles. The second kappa shape index (κ2) is 4.77. The second-order valence-corrected chi connectivity index (χ2v) is 3.29. The summed E-state index contributed by atoms with van der Waals surface area (Å²) in [6.45, 7) is 3.86. The molecule has 0 saturated carbocycles. The van der Waals surface area contributed by atoms with Crippen LogP contribution in [-0.2, 0) is 0 Å². The Morgan fingerprint density at radius 1 is 1.43 bits per heavy atom. The maximum Gasteiger partial charge on any atom is 0.124 e. The van der Waals surface area contributed by atoms with E-state index >= 15 is 0 Å². The van der Waals surface area contributed by atoms with Gasteiger partial charge in [0, 0.05) is 11.3 Å². The van der Waals surface area contributed by atoms with Crippen molar-refractivity contribution in [2.24, 2.45) is 4.99 Å². The highest BCUT2D eigenvalue weighted by Crippen LogP contribution is 2.16. The lowest BCUT2D eigenvalue weighted by Crippen LogP contribution is -2.07. The van der Waals surface area contributed by atoms with Crippen LogP contribution >= 0.6 is 0 Å². The minimum absolute atomic E-state index is 0.222. The lowest BCUT2D eigenvalue weighted by molar-refractivity contribution is 0.204. The van der Waals surface area contributed by atoms with Crippen LogP contribution in [0.4, 0.5) is 0 Å². The number of aliphatic hydroxyl groups excluding tert-OH is 1. The third-order valence-corrected chi connectivity index (χ3v) is 1.89. The van der Waals surface area contributed by atoms with E-state index in [0.717, 1.165) is 5.71 Å². The molecule has 0 amide bonds. The first-order valence-corrected chi connectivity index (χ1v) is 4.58. The van der Waals surface area contributed by atoms with E-state index in [4.69, 9.17) is 5.11 Å². The fourth-order valence-corrected chi connectivity index (χ4v) is 1.13. The highest BCUT2D eigenvalue weighted by Gasteiger charge is 2.02. The van der Waals surface area contributed by atoms with E-state index in [-0.39, 0.29) is 5.75 Å². The van der Waals surface area contributed by atoms with Crippen molar-refractivity contribution in [3.8, 4) is 5.75 Å². The van der Waals surface area contributed by atoms with Gasteiger partial charge in [-0.05, 0) is 26.0 Å². The number of benzene rings is 1. The van der Waals surface area contributed by atoms with Gasteiger partial charge >= 0.3 is 0 Å². The Kier molecular flexibility index (Phi) is 3.65. The SMILES string of the molecule is CC(=NC[C@@H](C)O)c1ccccc1O. The Balaban J connectivity index is 2.84. The summed E-state index contributed by atoms with van der Waals surface area (Å²) < 4.78 is 0. The molecule has 1 aromatic carbocycles. The van der Waals surface area contributed by atoms with Crippen LogP contribution in [0.25, 0.3) is 0 Å². The standard InChI is InChI=1S/C11H15NO2/c1-8(13)7-12-9(2)10-5-3-4-6-11(10)14/h3-6,8,13-14H,7H2,1-2H3/t8-/m1/s1. The summed E-state index contributed by atoms with van der Waals surface area (Å²) in [7, 11) is 0. The first-order valence-electron chi connectivity index (χ1n) is 4.58. The normalized spacial score (nSPS) is 14.1. The van der Waals surface area contributed by atoms with Crippen molar-refractivity contribution >= 4 is 5.71 Å². The van der Waals surface area contributed by atoms with Crippen LogP contribution in [0.1, 0.15) is 19.4 Å². The molecule has 0 aromatic heterocycles. The summed E-state index contributed by atoms with van der Waals surface area (Å²) in [6, 6.07) is 7.03. The minimum atomic E-state index is -0.448. The number of phenolic OH excluding ortho intramolecular Hbond substituents is 1. The maximum absolute atomic E-state index is 9.50. The minimum Gasteiger partial charge on any atom is -0.507 e. The van der Waals surface area contributed by atoms with E-state index < -0.39 is 6.10 Å². The molecule has 3 heteroatoms. The second-order valence-electron chi connectivity index (χ2n) is 3.29. The number of aliphatic imine (C=N–C) groups is 1. The summed E-state index contributed by atoms with van der Waals surface area (Å²) in [5, 5.41) is 18.6. The van der Waals surface area contributed by atoms with Gasteiger partial charge in [-0.3, -0.25) is 4.99 Å². The van der Waals surface area contributed by atoms with Gasteiger partial charge in [0.2, 0.25) is 0 Å². The van der Waals surface area contributed by atoms with Crippen molar-refractivity contribution < 1.29 is 10.2 Å². The summed E-state index contributed by atoms with van der Waals surface area (Å²) in [4.78, 5) is 4.16. The molecule has 0 aliphatic rings. The monoisotopic (exact) mass is 193 g/mol. The van der Waals surface area contributed by atoms with Gasteiger partial charge in [0.05, 0.1) is 12.6 Å². The van der Waals surface area contributed by atoms with Gasteiger partial charge in [0.1, 0.15) is 5.75 Å². The molecule has 1 rings (SSSR count). The van der Waals surface area contributed by atoms with Crippen molar-refractivity contribution in [2.75, 3.05) is 6.54 Å². The first-order chi connectivity index (χ1) is 6.61. The van der Waals surface area contributed by atoms with Crippen molar-refractivity contribution in [1.29, 1.82) is 0 Å². The number of nitrogens with zero attached hydrogens (tertiary/aromatic N) is 1. The quantitative estimate of drug-likeness (QED) is 0.716. The van der Waals surface area contributed by atoms with Gasteiger partial charge in [-0.15, -0.1) is 0 Å². The van der Waals surface area contributed by atoms with Crippen LogP contribution in [0.15, 0.2) is 29.3 Å². The Morgan fingerprint density at radius 2 is 2.07 bits per heavy atom. The number of hydrogen-bond donors (Lipinski definition) is 2. The van der Waals surface area contributed by atoms with E-state index in [0.29, 0.717) is 12.1 Å². The Bertz CT molecular complexity index is 332. The topological polar surface area (TPSA) is 52.8 Å². The van der Waals surface area contributed by atoms with Crippen LogP contribution in [0, 0.1) is 0 Å². The van der Waals surface area contributed by atoms with Gasteiger partial charge < -0.3 is 10.2 Å². The summed E-state index contributed by atoms with van der Waals surface area (Å²) >= 11 is 0. The molecule has 0 heterocycles. The van der Waals surface area contributed by atoms with Crippen LogP contribution in [0.2, 0.25) is 0 Å². The zero-order valence-electron chi connectivity index (χ0n) is 8.44. The molecule has 14 heavy (non-hydrogen) atoms. The molecular weight excluding hydrogens is 178 g/mol. The Labute approximate surface area is 83.7 Å². The van der Waals surface area contributed by atoms with Crippen molar-refractivity contribution in [1.82, 2.24) is 0 Å². The summed E-state index contributed by atoms with van der Waals surface area (Å²) in [5.74, 6) is 0.222. The summed E-state index contributed by atoms with van der Waals surface area (Å²) in [5.41, 5.74) is 1.46. The average molecular weight is 193 g/mol. The van der Waals surface area contributed by atoms with Crippen molar-refractivity contribution in [3.63, 3.8) is 0 Å². The number of hydrogen-bond acceptors (Lipinski definition) is 3. The largest absolute Gasteiger partial charge is 0.507 e. The zero-order chi connectivity index (χ0) is 10.6. The molecule has 1 atom stereocenters. The van der Waals surface area contributed by atoms with E-state index in [1.807, 2.05) is 13.0 Å². The molecule has 0 bridgehead atoms. The highest BCUT2D eigenvalue weighted by molar-refractivity contribution is 6.00. The number of para-hydroxylation sites is 1. The molecule has 0 unspecified atom stereocenters. The third-order valence-electron chi connectivity index (χ3n) is 1.89. The molecule has 0 aliphatic carbocycles. The molecule has 1 aromatic rings. The van der Waals surface area contributed by atoms with E-state index in [2.05, 4.69) is 4.99 Å². The van der Waals surface area contributed by atoms with Gasteiger partial charge in [0.25, 0.3) is 0 Å². The Hall–Kier alpha value is -1.35. The fraction of sp³-hybridized carbons (Fsp3) is 0.364. The van der Waals surface area contributed by atoms with Crippen LogP contribution < -0.4 is 0 Å². The number of aliphatic hydroxyl groups is 1. The third kappa shape index (κ3) is 2.85. The summed E-state index contributed by atoms with van der Waals surface area (Å²) in [6.07, 6.45) is -0.448. The van der Waals surface area contributed by atoms with E-state index in [9.17, 15) is 5.11 Å². The first kappa shape index (κ1) is 10.7. The van der Waals surface area contributed by atoms with Gasteiger partial charge in [-0.2, -0.15) is 0 Å². The number of rotatable bonds is 3. The van der Waals surface area contributed by atoms with Crippen LogP contribution in [0.5, 0.6) is 5.75 Å². The molecular formula is C11H15NO2. The zero-order valence-corrected chi connectivity index (χ0v) is 8.44. The van der Waals surface area contributed by atoms with E-state index in [1.165, 1.54) is 0 Å². The van der Waals surface area contributed by atoms with Crippen molar-refractivity contribution in [3.05, 3.63) is 29.8 Å². The molecule has 2 N–H and O–H groups in total. The average Bonchev–Trinajstić information content (AvgIpc) is 2.15. The fourth-order valence-electron chi connectivity index (χ4n) is 1.13. The lowest BCUT2D eigenvalue weighted by atomic mass is 10.1. The van der Waals surface area contributed by atoms with Crippen LogP contribution in [-0.4, -0.2) is 28.6 Å². The van der Waals surface area contributed by atoms with Gasteiger partial charge in [0.15, 0.2) is 0 Å². The van der Waals surface area contributed by atoms with Crippen LogP contribution in [0.3, 0.4) is 0 Å². The predicted molar refractivity (Wildman–Crippen MR) is 56.9 cm³/mol. The molecule has 0 spiro atoms. The van der Waals surface area contributed by atoms with Gasteiger partial charge in [-0.25, -0.2) is 0 Å². The predicted octanol–water partition coefficient (Wildman–Crippen LogP) is 1.58. The van der Waals surface area contributed by atoms with Crippen molar-refractivity contribution in [2.45, 2.75) is 20.0 Å². The molecule has 0 saturated heterocycles. The molecule has 0 radical (unpaired) electrons. The molecule has 76 valence electrons.